The average molecular weight is 300 g/mol. The zero-order valence-corrected chi connectivity index (χ0v) is 11.2. The summed E-state index contributed by atoms with van der Waals surface area (Å²) in [6.07, 6.45) is -1.55. The zero-order valence-electron chi connectivity index (χ0n) is 9.57. The number of nitrogens with one attached hydrogen (secondary N) is 1. The Morgan fingerprint density at radius 3 is 2.33 bits per heavy atom. The van der Waals surface area contributed by atoms with Gasteiger partial charge in [0, 0.05) is 6.54 Å². The summed E-state index contributed by atoms with van der Waals surface area (Å²) >= 11 is 0. The van der Waals surface area contributed by atoms with Crippen LogP contribution in [0.4, 0.5) is 0 Å². The summed E-state index contributed by atoms with van der Waals surface area (Å²) in [4.78, 5) is 10.5. The average Bonchev–Trinajstić information content (AvgIpc) is 2.25. The molecule has 0 bridgehead atoms. The van der Waals surface area contributed by atoms with Crippen molar-refractivity contribution < 1.29 is 26.7 Å². The quantitative estimate of drug-likeness (QED) is 0.505. The number of amides is 1. The van der Waals surface area contributed by atoms with E-state index in [9.17, 15) is 21.6 Å². The van der Waals surface area contributed by atoms with Crippen molar-refractivity contribution in [1.82, 2.24) is 4.72 Å². The zero-order chi connectivity index (χ0) is 14.0. The van der Waals surface area contributed by atoms with E-state index < -0.39 is 43.7 Å². The van der Waals surface area contributed by atoms with E-state index in [2.05, 4.69) is 4.72 Å². The molecule has 1 heterocycles. The van der Waals surface area contributed by atoms with Crippen molar-refractivity contribution in [1.29, 1.82) is 0 Å². The molecule has 1 aliphatic heterocycles. The first-order valence-corrected chi connectivity index (χ1v) is 8.67. The minimum Gasteiger partial charge on any atom is -0.382 e. The Bertz CT molecular complexity index is 498. The third kappa shape index (κ3) is 4.19. The first-order chi connectivity index (χ1) is 8.14. The molecule has 0 aromatic heterocycles. The third-order valence-corrected chi connectivity index (χ3v) is 6.38. The van der Waals surface area contributed by atoms with Crippen LogP contribution in [0.2, 0.25) is 0 Å². The van der Waals surface area contributed by atoms with E-state index in [0.29, 0.717) is 0 Å². The molecule has 1 fully saturated rings. The van der Waals surface area contributed by atoms with Gasteiger partial charge in [0.25, 0.3) is 0 Å². The van der Waals surface area contributed by atoms with E-state index in [1.807, 2.05) is 0 Å². The number of carbonyl (C=O) groups excluding carboxylic acids is 1. The number of carbonyl (C=O) groups is 1. The molecule has 0 radical (unpaired) electrons. The first-order valence-electron chi connectivity index (χ1n) is 5.30. The second kappa shape index (κ2) is 5.51. The highest BCUT2D eigenvalue weighted by Gasteiger charge is 2.33. The monoisotopic (exact) mass is 300 g/mol. The minimum atomic E-state index is -3.74. The van der Waals surface area contributed by atoms with Crippen LogP contribution in [0, 0.1) is 0 Å². The molecule has 1 aliphatic rings. The van der Waals surface area contributed by atoms with Crippen molar-refractivity contribution in [3.8, 4) is 0 Å². The molecule has 106 valence electrons. The van der Waals surface area contributed by atoms with Crippen LogP contribution in [0.5, 0.6) is 0 Å². The maximum atomic E-state index is 11.8. The van der Waals surface area contributed by atoms with Gasteiger partial charge in [-0.2, -0.15) is 0 Å². The largest absolute Gasteiger partial charge is 0.382 e. The molecule has 8 nitrogen and oxygen atoms in total. The van der Waals surface area contributed by atoms with E-state index in [1.165, 1.54) is 0 Å². The van der Waals surface area contributed by atoms with E-state index in [-0.39, 0.29) is 24.3 Å². The molecule has 1 unspecified atom stereocenters. The maximum Gasteiger partial charge on any atom is 0.247 e. The lowest BCUT2D eigenvalue weighted by atomic mass is 10.2. The van der Waals surface area contributed by atoms with Gasteiger partial charge in [0.1, 0.15) is 15.9 Å². The van der Waals surface area contributed by atoms with E-state index in [1.54, 1.807) is 0 Å². The molecule has 0 aliphatic carbocycles. The molecule has 10 heteroatoms. The van der Waals surface area contributed by atoms with Crippen LogP contribution in [-0.4, -0.2) is 57.3 Å². The van der Waals surface area contributed by atoms with Gasteiger partial charge in [-0.25, -0.2) is 21.6 Å². The number of aliphatic hydroxyl groups is 1. The van der Waals surface area contributed by atoms with E-state index in [4.69, 9.17) is 10.8 Å². The molecular formula is C8H16N2O6S2. The number of rotatable bonds is 5. The molecule has 1 rings (SSSR count). The second-order valence-corrected chi connectivity index (χ2v) is 8.51. The SMILES string of the molecule is NC(=O)C(O)CNS(=O)(=O)C1CCS(=O)(=O)CC1. The lowest BCUT2D eigenvalue weighted by Crippen LogP contribution is -2.45. The number of aliphatic hydroxyl groups excluding tert-OH is 1. The van der Waals surface area contributed by atoms with Gasteiger partial charge in [-0.1, -0.05) is 0 Å². The molecule has 1 amide bonds. The Kier molecular flexibility index (Phi) is 4.70. The maximum absolute atomic E-state index is 11.8. The number of hydrogen-bond donors (Lipinski definition) is 3. The van der Waals surface area contributed by atoms with Crippen molar-refractivity contribution >= 4 is 25.8 Å². The van der Waals surface area contributed by atoms with Gasteiger partial charge in [0.2, 0.25) is 15.9 Å². The van der Waals surface area contributed by atoms with Crippen LogP contribution in [0.3, 0.4) is 0 Å². The Balaban J connectivity index is 2.58. The fraction of sp³-hybridized carbons (Fsp3) is 0.875. The molecule has 4 N–H and O–H groups in total. The summed E-state index contributed by atoms with van der Waals surface area (Å²) in [6, 6.07) is 0. The van der Waals surface area contributed by atoms with Crippen molar-refractivity contribution in [2.45, 2.75) is 24.2 Å². The van der Waals surface area contributed by atoms with Gasteiger partial charge in [-0.05, 0) is 12.8 Å². The lowest BCUT2D eigenvalue weighted by molar-refractivity contribution is -0.125. The van der Waals surface area contributed by atoms with Crippen LogP contribution in [-0.2, 0) is 24.7 Å². The Hall–Kier alpha value is -0.710. The van der Waals surface area contributed by atoms with Crippen LogP contribution in [0.1, 0.15) is 12.8 Å². The van der Waals surface area contributed by atoms with Crippen LogP contribution < -0.4 is 10.5 Å². The number of sulfone groups is 1. The molecule has 0 aromatic carbocycles. The fourth-order valence-corrected chi connectivity index (χ4v) is 4.86. The predicted molar refractivity (Wildman–Crippen MR) is 63.8 cm³/mol. The third-order valence-electron chi connectivity index (χ3n) is 2.75. The van der Waals surface area contributed by atoms with E-state index in [0.717, 1.165) is 0 Å². The predicted octanol–water partition coefficient (Wildman–Crippen LogP) is -2.67. The molecule has 0 saturated carbocycles. The van der Waals surface area contributed by atoms with Gasteiger partial charge < -0.3 is 10.8 Å². The first kappa shape index (κ1) is 15.3. The molecule has 18 heavy (non-hydrogen) atoms. The van der Waals surface area contributed by atoms with Gasteiger partial charge >= 0.3 is 0 Å². The highest BCUT2D eigenvalue weighted by molar-refractivity contribution is 7.92. The Labute approximate surface area is 106 Å². The van der Waals surface area contributed by atoms with Crippen molar-refractivity contribution in [3.63, 3.8) is 0 Å². The second-order valence-electron chi connectivity index (χ2n) is 4.16. The van der Waals surface area contributed by atoms with Crippen LogP contribution in [0.25, 0.3) is 0 Å². The summed E-state index contributed by atoms with van der Waals surface area (Å²) in [5.74, 6) is -1.36. The van der Waals surface area contributed by atoms with Crippen molar-refractivity contribution in [2.75, 3.05) is 18.1 Å². The van der Waals surface area contributed by atoms with Crippen LogP contribution >= 0.6 is 0 Å². The number of sulfonamides is 1. The minimum absolute atomic E-state index is 0.0182. The highest BCUT2D eigenvalue weighted by atomic mass is 32.2. The Morgan fingerprint density at radius 2 is 1.89 bits per heavy atom. The standard InChI is InChI=1S/C8H16N2O6S2/c9-8(12)7(11)5-10-18(15,16)6-1-3-17(13,14)4-2-6/h6-7,10-11H,1-5H2,(H2,9,12). The van der Waals surface area contributed by atoms with Gasteiger partial charge in [-0.15, -0.1) is 0 Å². The smallest absolute Gasteiger partial charge is 0.247 e. The van der Waals surface area contributed by atoms with Gasteiger partial charge in [0.15, 0.2) is 0 Å². The van der Waals surface area contributed by atoms with Crippen molar-refractivity contribution in [3.05, 3.63) is 0 Å². The summed E-state index contributed by atoms with van der Waals surface area (Å²) in [6.45, 7) is -0.499. The van der Waals surface area contributed by atoms with Gasteiger partial charge in [0.05, 0.1) is 16.8 Å². The van der Waals surface area contributed by atoms with E-state index >= 15 is 0 Å². The number of hydrogen-bond acceptors (Lipinski definition) is 6. The number of nitrogens with two attached hydrogens (primary N) is 1. The number of primary amides is 1. The summed E-state index contributed by atoms with van der Waals surface area (Å²) in [5, 5.41) is 8.26. The summed E-state index contributed by atoms with van der Waals surface area (Å²) in [7, 11) is -6.88. The fourth-order valence-electron chi connectivity index (χ4n) is 1.59. The normalized spacial score (nSPS) is 22.5. The summed E-state index contributed by atoms with van der Waals surface area (Å²) in [5.41, 5.74) is 4.78. The molecule has 1 saturated heterocycles. The Morgan fingerprint density at radius 1 is 1.39 bits per heavy atom. The molecule has 0 spiro atoms. The van der Waals surface area contributed by atoms with Gasteiger partial charge in [-0.3, -0.25) is 4.79 Å². The highest BCUT2D eigenvalue weighted by Crippen LogP contribution is 2.18. The van der Waals surface area contributed by atoms with Crippen molar-refractivity contribution in [2.24, 2.45) is 5.73 Å². The molecule has 1 atom stereocenters. The lowest BCUT2D eigenvalue weighted by Gasteiger charge is -2.22. The topological polar surface area (TPSA) is 144 Å². The van der Waals surface area contributed by atoms with Crippen LogP contribution in [0.15, 0.2) is 0 Å². The summed E-state index contributed by atoms with van der Waals surface area (Å²) < 4.78 is 47.9. The molecular weight excluding hydrogens is 284 g/mol. The molecule has 0 aromatic rings.